The molecule has 0 saturated heterocycles. The molecule has 4 aromatic rings. The molecule has 4 rings (SSSR count). The zero-order chi connectivity index (χ0) is 25.8. The molecule has 0 aliphatic heterocycles. The average Bonchev–Trinajstić information content (AvgIpc) is 3.52. The van der Waals surface area contributed by atoms with E-state index < -0.39 is 0 Å². The van der Waals surface area contributed by atoms with Crippen LogP contribution in [0.5, 0.6) is 0 Å². The summed E-state index contributed by atoms with van der Waals surface area (Å²) >= 11 is 3.13. The van der Waals surface area contributed by atoms with Crippen LogP contribution in [0.4, 0.5) is 16.6 Å². The molecule has 1 atom stereocenters. The highest BCUT2D eigenvalue weighted by Gasteiger charge is 2.15. The molecule has 6 heteroatoms. The van der Waals surface area contributed by atoms with E-state index in [0.29, 0.717) is 11.7 Å². The molecule has 3 N–H and O–H groups in total. The summed E-state index contributed by atoms with van der Waals surface area (Å²) in [6.45, 7) is 10.9. The van der Waals surface area contributed by atoms with Gasteiger partial charge in [-0.15, -0.1) is 24.2 Å². The van der Waals surface area contributed by atoms with Crippen LogP contribution in [0.2, 0.25) is 0 Å². The second-order valence-corrected chi connectivity index (χ2v) is 10.1. The van der Waals surface area contributed by atoms with Crippen LogP contribution in [0.1, 0.15) is 64.0 Å². The number of nitrogens with one attached hydrogen (secondary N) is 1. The lowest BCUT2D eigenvalue weighted by atomic mass is 9.99. The quantitative estimate of drug-likeness (QED) is 0.246. The number of terminal acetylenes is 1. The Labute approximate surface area is 218 Å². The fourth-order valence-corrected chi connectivity index (χ4v) is 4.86. The predicted octanol–water partition coefficient (Wildman–Crippen LogP) is 9.14. The highest BCUT2D eigenvalue weighted by molar-refractivity contribution is 7.23. The largest absolute Gasteiger partial charge is 0.382 e. The molecule has 184 valence electrons. The lowest BCUT2D eigenvalue weighted by molar-refractivity contribution is 0.734. The standard InChI is InChI=1S/C23H24N4S2.C4H10.C2H2/c1-4-15(3)16-9-11-18(12-10-16)25-23-27-21(24)20(29-23)22-26-19(13-28-22)17-7-5-14(2)6-8-17;1-3-4-2;1-2/h5-13,15H,4,24H2,1-3H3,(H,25,27);3-4H2,1-2H3;1-2H. The van der Waals surface area contributed by atoms with Gasteiger partial charge < -0.3 is 11.1 Å². The smallest absolute Gasteiger partial charge is 0.189 e. The summed E-state index contributed by atoms with van der Waals surface area (Å²) in [7, 11) is 0. The van der Waals surface area contributed by atoms with Crippen molar-refractivity contribution in [2.24, 2.45) is 0 Å². The number of aromatic nitrogens is 2. The number of anilines is 3. The van der Waals surface area contributed by atoms with E-state index in [1.54, 1.807) is 11.3 Å². The molecule has 0 aliphatic carbocycles. The Morgan fingerprint density at radius 3 is 2.14 bits per heavy atom. The lowest BCUT2D eigenvalue weighted by Crippen LogP contribution is -1.94. The molecule has 0 spiro atoms. The summed E-state index contributed by atoms with van der Waals surface area (Å²) in [4.78, 5) is 10.2. The van der Waals surface area contributed by atoms with Crippen molar-refractivity contribution in [3.63, 3.8) is 0 Å². The van der Waals surface area contributed by atoms with Gasteiger partial charge in [0.2, 0.25) is 0 Å². The number of nitrogens with two attached hydrogens (primary N) is 1. The minimum absolute atomic E-state index is 0.513. The first-order chi connectivity index (χ1) is 16.9. The Balaban J connectivity index is 0.000000655. The Morgan fingerprint density at radius 1 is 0.943 bits per heavy atom. The van der Waals surface area contributed by atoms with Crippen molar-refractivity contribution < 1.29 is 0 Å². The minimum atomic E-state index is 0.513. The average molecular weight is 505 g/mol. The van der Waals surface area contributed by atoms with E-state index in [0.717, 1.165) is 38.4 Å². The maximum absolute atomic E-state index is 6.20. The summed E-state index contributed by atoms with van der Waals surface area (Å²) < 4.78 is 0. The second kappa shape index (κ2) is 14.3. The molecule has 1 unspecified atom stereocenters. The van der Waals surface area contributed by atoms with Gasteiger partial charge >= 0.3 is 0 Å². The number of benzene rings is 2. The van der Waals surface area contributed by atoms with Gasteiger partial charge in [-0.1, -0.05) is 93.8 Å². The van der Waals surface area contributed by atoms with E-state index >= 15 is 0 Å². The predicted molar refractivity (Wildman–Crippen MR) is 157 cm³/mol. The summed E-state index contributed by atoms with van der Waals surface area (Å²) in [5.41, 5.74) is 11.9. The summed E-state index contributed by atoms with van der Waals surface area (Å²) in [6.07, 6.45) is 11.8. The summed E-state index contributed by atoms with van der Waals surface area (Å²) in [6, 6.07) is 16.9. The van der Waals surface area contributed by atoms with Gasteiger partial charge in [-0.2, -0.15) is 0 Å². The number of nitrogen functional groups attached to an aromatic ring is 1. The van der Waals surface area contributed by atoms with Crippen molar-refractivity contribution in [1.29, 1.82) is 0 Å². The second-order valence-electron chi connectivity index (χ2n) is 8.19. The normalized spacial score (nSPS) is 10.9. The number of nitrogens with zero attached hydrogens (tertiary/aromatic N) is 2. The van der Waals surface area contributed by atoms with Crippen molar-refractivity contribution in [1.82, 2.24) is 9.97 Å². The van der Waals surface area contributed by atoms with Crippen LogP contribution in [0.15, 0.2) is 53.9 Å². The third-order valence-corrected chi connectivity index (χ3v) is 7.52. The Kier molecular flexibility index (Phi) is 11.5. The van der Waals surface area contributed by atoms with Crippen LogP contribution >= 0.6 is 22.7 Å². The molecule has 0 amide bonds. The van der Waals surface area contributed by atoms with E-state index in [1.807, 2.05) is 0 Å². The van der Waals surface area contributed by atoms with Crippen molar-refractivity contribution in [2.45, 2.75) is 59.8 Å². The molecule has 2 heterocycles. The van der Waals surface area contributed by atoms with Gasteiger partial charge in [0.15, 0.2) is 5.13 Å². The number of hydrogen-bond acceptors (Lipinski definition) is 6. The molecule has 0 fully saturated rings. The highest BCUT2D eigenvalue weighted by Crippen LogP contribution is 2.39. The molecular weight excluding hydrogens is 468 g/mol. The number of thiazole rings is 2. The molecule has 4 nitrogen and oxygen atoms in total. The maximum atomic E-state index is 6.20. The van der Waals surface area contributed by atoms with Gasteiger partial charge in [-0.05, 0) is 37.0 Å². The van der Waals surface area contributed by atoms with Gasteiger partial charge in [0, 0.05) is 16.6 Å². The molecule has 0 bridgehead atoms. The Bertz CT molecular complexity index is 1170. The maximum Gasteiger partial charge on any atom is 0.189 e. The van der Waals surface area contributed by atoms with Gasteiger partial charge in [-0.3, -0.25) is 0 Å². The van der Waals surface area contributed by atoms with Crippen LogP contribution in [0.3, 0.4) is 0 Å². The van der Waals surface area contributed by atoms with Gasteiger partial charge in [0.1, 0.15) is 15.7 Å². The van der Waals surface area contributed by atoms with Crippen molar-refractivity contribution in [3.8, 4) is 34.0 Å². The Morgan fingerprint density at radius 2 is 1.57 bits per heavy atom. The fraction of sp³-hybridized carbons (Fsp3) is 0.310. The van der Waals surface area contributed by atoms with Crippen molar-refractivity contribution in [2.75, 3.05) is 11.1 Å². The van der Waals surface area contributed by atoms with Crippen LogP contribution in [-0.4, -0.2) is 9.97 Å². The van der Waals surface area contributed by atoms with Gasteiger partial charge in [0.25, 0.3) is 0 Å². The van der Waals surface area contributed by atoms with Crippen LogP contribution in [-0.2, 0) is 0 Å². The molecule has 0 radical (unpaired) electrons. The van der Waals surface area contributed by atoms with Crippen LogP contribution < -0.4 is 11.1 Å². The molecule has 35 heavy (non-hydrogen) atoms. The summed E-state index contributed by atoms with van der Waals surface area (Å²) in [5, 5.41) is 7.11. The van der Waals surface area contributed by atoms with E-state index in [1.165, 1.54) is 35.3 Å². The third kappa shape index (κ3) is 7.95. The first kappa shape index (κ1) is 28.1. The van der Waals surface area contributed by atoms with Gasteiger partial charge in [0.05, 0.1) is 5.69 Å². The number of aryl methyl sites for hydroxylation is 1. The molecule has 0 saturated carbocycles. The SMILES string of the molecule is C#C.CCC(C)c1ccc(Nc2nc(N)c(-c3nc(-c4ccc(C)cc4)cs3)s2)cc1.CCCC. The van der Waals surface area contributed by atoms with E-state index in [9.17, 15) is 0 Å². The molecular formula is C29H36N4S2. The number of unbranched alkanes of at least 4 members (excludes halogenated alkanes) is 1. The number of rotatable bonds is 7. The molecule has 0 aliphatic rings. The Hall–Kier alpha value is -3.14. The third-order valence-electron chi connectivity index (χ3n) is 5.54. The van der Waals surface area contributed by atoms with Gasteiger partial charge in [-0.25, -0.2) is 9.97 Å². The van der Waals surface area contributed by atoms with Crippen molar-refractivity contribution in [3.05, 3.63) is 65.0 Å². The highest BCUT2D eigenvalue weighted by atomic mass is 32.1. The molecule has 2 aromatic carbocycles. The van der Waals surface area contributed by atoms with Crippen molar-refractivity contribution >= 4 is 39.3 Å². The van der Waals surface area contributed by atoms with Crippen LogP contribution in [0.25, 0.3) is 21.1 Å². The number of hydrogen-bond donors (Lipinski definition) is 2. The van der Waals surface area contributed by atoms with E-state index in [2.05, 4.69) is 112 Å². The molecule has 2 aromatic heterocycles. The lowest BCUT2D eigenvalue weighted by Gasteiger charge is -2.09. The monoisotopic (exact) mass is 504 g/mol. The van der Waals surface area contributed by atoms with Crippen LogP contribution in [0, 0.1) is 19.8 Å². The zero-order valence-corrected chi connectivity index (χ0v) is 23.0. The summed E-state index contributed by atoms with van der Waals surface area (Å²) in [5.74, 6) is 1.08. The topological polar surface area (TPSA) is 63.8 Å². The van der Waals surface area contributed by atoms with E-state index in [-0.39, 0.29) is 0 Å². The first-order valence-electron chi connectivity index (χ1n) is 11.9. The minimum Gasteiger partial charge on any atom is -0.382 e. The van der Waals surface area contributed by atoms with E-state index in [4.69, 9.17) is 10.7 Å². The first-order valence-corrected chi connectivity index (χ1v) is 13.6. The zero-order valence-electron chi connectivity index (χ0n) is 21.3. The fourth-order valence-electron chi connectivity index (χ4n) is 3.03.